The molecule has 2 rings (SSSR count). The SMILES string of the molecule is COC(CCOc1ccccc1)C(CC(=O)OCc1ccccc1)C(C)=O. The van der Waals surface area contributed by atoms with Crippen molar-refractivity contribution in [1.82, 2.24) is 0 Å². The number of carbonyl (C=O) groups excluding carboxylic acids is 2. The van der Waals surface area contributed by atoms with E-state index in [2.05, 4.69) is 0 Å². The van der Waals surface area contributed by atoms with Crippen LogP contribution in [0, 0.1) is 5.92 Å². The minimum Gasteiger partial charge on any atom is -0.493 e. The first-order valence-electron chi connectivity index (χ1n) is 9.00. The van der Waals surface area contributed by atoms with Gasteiger partial charge in [0.2, 0.25) is 0 Å². The number of para-hydroxylation sites is 1. The lowest BCUT2D eigenvalue weighted by atomic mass is 9.92. The number of rotatable bonds is 11. The van der Waals surface area contributed by atoms with Crippen LogP contribution in [0.4, 0.5) is 0 Å². The first kappa shape index (κ1) is 20.6. The summed E-state index contributed by atoms with van der Waals surface area (Å²) in [4.78, 5) is 24.2. The molecule has 27 heavy (non-hydrogen) atoms. The third kappa shape index (κ3) is 7.23. The van der Waals surface area contributed by atoms with Crippen LogP contribution in [0.3, 0.4) is 0 Å². The molecule has 144 valence electrons. The maximum Gasteiger partial charge on any atom is 0.306 e. The summed E-state index contributed by atoms with van der Waals surface area (Å²) in [5.41, 5.74) is 0.907. The van der Waals surface area contributed by atoms with Gasteiger partial charge in [-0.15, -0.1) is 0 Å². The minimum atomic E-state index is -0.558. The Morgan fingerprint density at radius 3 is 2.19 bits per heavy atom. The number of Topliss-reactive ketones (excluding diaryl/α,β-unsaturated/α-hetero) is 1. The standard InChI is InChI=1S/C22H26O5/c1-17(23)20(15-22(24)27-16-18-9-5-3-6-10-18)21(25-2)13-14-26-19-11-7-4-8-12-19/h3-12,20-21H,13-16H2,1-2H3. The smallest absolute Gasteiger partial charge is 0.306 e. The number of carbonyl (C=O) groups is 2. The molecule has 0 aliphatic carbocycles. The number of methoxy groups -OCH3 is 1. The van der Waals surface area contributed by atoms with Gasteiger partial charge in [-0.1, -0.05) is 48.5 Å². The number of hydrogen-bond acceptors (Lipinski definition) is 5. The van der Waals surface area contributed by atoms with Gasteiger partial charge < -0.3 is 14.2 Å². The lowest BCUT2D eigenvalue weighted by molar-refractivity contribution is -0.150. The topological polar surface area (TPSA) is 61.8 Å². The number of benzene rings is 2. The molecule has 0 heterocycles. The maximum atomic E-state index is 12.2. The Balaban J connectivity index is 1.85. The highest BCUT2D eigenvalue weighted by molar-refractivity contribution is 5.84. The van der Waals surface area contributed by atoms with Crippen LogP contribution in [0.25, 0.3) is 0 Å². The lowest BCUT2D eigenvalue weighted by Gasteiger charge is -2.23. The Kier molecular flexibility index (Phi) is 8.52. The van der Waals surface area contributed by atoms with E-state index in [9.17, 15) is 9.59 Å². The number of esters is 1. The molecule has 5 heteroatoms. The van der Waals surface area contributed by atoms with Gasteiger partial charge in [-0.3, -0.25) is 9.59 Å². The van der Waals surface area contributed by atoms with E-state index in [1.807, 2.05) is 60.7 Å². The third-order valence-electron chi connectivity index (χ3n) is 4.32. The molecular formula is C22H26O5. The largest absolute Gasteiger partial charge is 0.493 e. The molecule has 0 saturated carbocycles. The summed E-state index contributed by atoms with van der Waals surface area (Å²) in [6.45, 7) is 2.06. The summed E-state index contributed by atoms with van der Waals surface area (Å²) in [5.74, 6) is -0.310. The van der Waals surface area contributed by atoms with Gasteiger partial charge in [-0.05, 0) is 24.6 Å². The second kappa shape index (κ2) is 11.1. The zero-order valence-electron chi connectivity index (χ0n) is 15.8. The molecule has 2 aromatic carbocycles. The molecular weight excluding hydrogens is 344 g/mol. The summed E-state index contributed by atoms with van der Waals surface area (Å²) in [7, 11) is 1.54. The number of ketones is 1. The van der Waals surface area contributed by atoms with Crippen molar-refractivity contribution in [3.05, 3.63) is 66.2 Å². The molecule has 2 atom stereocenters. The summed E-state index contributed by atoms with van der Waals surface area (Å²) in [5, 5.41) is 0. The second-order valence-electron chi connectivity index (χ2n) is 6.29. The zero-order valence-corrected chi connectivity index (χ0v) is 15.8. The van der Waals surface area contributed by atoms with Crippen molar-refractivity contribution >= 4 is 11.8 Å². The average molecular weight is 370 g/mol. The summed E-state index contributed by atoms with van der Waals surface area (Å²) < 4.78 is 16.4. The molecule has 0 aromatic heterocycles. The van der Waals surface area contributed by atoms with E-state index < -0.39 is 18.0 Å². The van der Waals surface area contributed by atoms with E-state index in [4.69, 9.17) is 14.2 Å². The van der Waals surface area contributed by atoms with Crippen molar-refractivity contribution in [3.8, 4) is 5.75 Å². The van der Waals surface area contributed by atoms with Gasteiger partial charge in [0.25, 0.3) is 0 Å². The summed E-state index contributed by atoms with van der Waals surface area (Å²) >= 11 is 0. The van der Waals surface area contributed by atoms with Crippen LogP contribution in [0.2, 0.25) is 0 Å². The quantitative estimate of drug-likeness (QED) is 0.563. The molecule has 2 aromatic rings. The first-order chi connectivity index (χ1) is 13.1. The maximum absolute atomic E-state index is 12.2. The Morgan fingerprint density at radius 2 is 1.59 bits per heavy atom. The molecule has 0 spiro atoms. The van der Waals surface area contributed by atoms with Crippen LogP contribution in [0.15, 0.2) is 60.7 Å². The van der Waals surface area contributed by atoms with E-state index in [0.717, 1.165) is 11.3 Å². The molecule has 0 N–H and O–H groups in total. The molecule has 0 saturated heterocycles. The van der Waals surface area contributed by atoms with Gasteiger partial charge in [-0.25, -0.2) is 0 Å². The van der Waals surface area contributed by atoms with Gasteiger partial charge in [-0.2, -0.15) is 0 Å². The average Bonchev–Trinajstić information content (AvgIpc) is 2.70. The first-order valence-corrected chi connectivity index (χ1v) is 9.00. The molecule has 0 fully saturated rings. The predicted molar refractivity (Wildman–Crippen MR) is 102 cm³/mol. The number of hydrogen-bond donors (Lipinski definition) is 0. The molecule has 0 bridgehead atoms. The van der Waals surface area contributed by atoms with Gasteiger partial charge in [0, 0.05) is 13.5 Å². The van der Waals surface area contributed by atoms with Crippen molar-refractivity contribution in [3.63, 3.8) is 0 Å². The minimum absolute atomic E-state index is 0.00793. The lowest BCUT2D eigenvalue weighted by Crippen LogP contribution is -2.32. The Bertz CT molecular complexity index is 699. The molecule has 0 amide bonds. The van der Waals surface area contributed by atoms with Crippen LogP contribution >= 0.6 is 0 Å². The highest BCUT2D eigenvalue weighted by atomic mass is 16.5. The van der Waals surface area contributed by atoms with Crippen LogP contribution < -0.4 is 4.74 Å². The fraction of sp³-hybridized carbons (Fsp3) is 0.364. The van der Waals surface area contributed by atoms with E-state index in [1.165, 1.54) is 6.92 Å². The fourth-order valence-electron chi connectivity index (χ4n) is 2.81. The van der Waals surface area contributed by atoms with Crippen molar-refractivity contribution in [2.24, 2.45) is 5.92 Å². The predicted octanol–water partition coefficient (Wildman–Crippen LogP) is 3.81. The Hall–Kier alpha value is -2.66. The monoisotopic (exact) mass is 370 g/mol. The highest BCUT2D eigenvalue weighted by Crippen LogP contribution is 2.19. The number of ether oxygens (including phenoxy) is 3. The van der Waals surface area contributed by atoms with Gasteiger partial charge in [0.15, 0.2) is 0 Å². The molecule has 5 nitrogen and oxygen atoms in total. The van der Waals surface area contributed by atoms with E-state index in [-0.39, 0.29) is 18.8 Å². The zero-order chi connectivity index (χ0) is 19.5. The third-order valence-corrected chi connectivity index (χ3v) is 4.32. The van der Waals surface area contributed by atoms with E-state index >= 15 is 0 Å². The van der Waals surface area contributed by atoms with Gasteiger partial charge in [0.1, 0.15) is 18.1 Å². The van der Waals surface area contributed by atoms with E-state index in [1.54, 1.807) is 7.11 Å². The van der Waals surface area contributed by atoms with Crippen LogP contribution in [0.1, 0.15) is 25.3 Å². The Morgan fingerprint density at radius 1 is 0.963 bits per heavy atom. The normalized spacial score (nSPS) is 12.8. The van der Waals surface area contributed by atoms with Crippen molar-refractivity contribution in [1.29, 1.82) is 0 Å². The summed E-state index contributed by atoms with van der Waals surface area (Å²) in [6, 6.07) is 18.9. The fourth-order valence-corrected chi connectivity index (χ4v) is 2.81. The summed E-state index contributed by atoms with van der Waals surface area (Å²) in [6.07, 6.45) is 0.0867. The highest BCUT2D eigenvalue weighted by Gasteiger charge is 2.28. The van der Waals surface area contributed by atoms with Crippen LogP contribution in [0.5, 0.6) is 5.75 Å². The van der Waals surface area contributed by atoms with Crippen LogP contribution in [-0.2, 0) is 25.7 Å². The van der Waals surface area contributed by atoms with Crippen molar-refractivity contribution < 1.29 is 23.8 Å². The Labute approximate surface area is 160 Å². The molecule has 0 radical (unpaired) electrons. The molecule has 0 aliphatic heterocycles. The van der Waals surface area contributed by atoms with Crippen LogP contribution in [-0.4, -0.2) is 31.6 Å². The van der Waals surface area contributed by atoms with Crippen molar-refractivity contribution in [2.75, 3.05) is 13.7 Å². The van der Waals surface area contributed by atoms with Crippen molar-refractivity contribution in [2.45, 2.75) is 32.5 Å². The van der Waals surface area contributed by atoms with Gasteiger partial charge in [0.05, 0.1) is 25.0 Å². The van der Waals surface area contributed by atoms with Gasteiger partial charge >= 0.3 is 5.97 Å². The molecule has 2 unspecified atom stereocenters. The van der Waals surface area contributed by atoms with E-state index in [0.29, 0.717) is 13.0 Å². The second-order valence-corrected chi connectivity index (χ2v) is 6.29. The molecule has 0 aliphatic rings.